The van der Waals surface area contributed by atoms with Gasteiger partial charge in [0.05, 0.1) is 12.0 Å². The predicted molar refractivity (Wildman–Crippen MR) is 116 cm³/mol. The predicted octanol–water partition coefficient (Wildman–Crippen LogP) is 4.20. The first-order valence-corrected chi connectivity index (χ1v) is 10.1. The molecule has 0 bridgehead atoms. The monoisotopic (exact) mass is 426 g/mol. The van der Waals surface area contributed by atoms with Crippen molar-refractivity contribution in [3.05, 3.63) is 58.5 Å². The van der Waals surface area contributed by atoms with Gasteiger partial charge in [-0.2, -0.15) is 0 Å². The minimum atomic E-state index is -0.550. The van der Waals surface area contributed by atoms with Gasteiger partial charge in [-0.1, -0.05) is 32.0 Å². The van der Waals surface area contributed by atoms with Crippen LogP contribution in [0.3, 0.4) is 0 Å². The minimum absolute atomic E-state index is 0.0756. The van der Waals surface area contributed by atoms with E-state index in [-0.39, 0.29) is 17.2 Å². The van der Waals surface area contributed by atoms with Crippen molar-refractivity contribution >= 4 is 40.6 Å². The fraction of sp³-hybridized carbons (Fsp3) is 0.227. The lowest BCUT2D eigenvalue weighted by atomic mass is 10.0. The number of thioether (sulfide) groups is 1. The van der Waals surface area contributed by atoms with Crippen molar-refractivity contribution in [2.45, 2.75) is 19.8 Å². The van der Waals surface area contributed by atoms with Gasteiger partial charge in [0.2, 0.25) is 5.91 Å². The number of nitrogens with one attached hydrogen (secondary N) is 1. The Morgan fingerprint density at radius 2 is 1.90 bits per heavy atom. The molecule has 0 aromatic heterocycles. The maximum atomic E-state index is 12.6. The average molecular weight is 426 g/mol. The number of imide groups is 1. The van der Waals surface area contributed by atoms with E-state index in [1.54, 1.807) is 24.3 Å². The number of ether oxygens (including phenoxy) is 1. The maximum Gasteiger partial charge on any atom is 0.294 e. The second-order valence-corrected chi connectivity index (χ2v) is 8.02. The largest absolute Gasteiger partial charge is 0.504 e. The number of methoxy groups -OCH3 is 1. The zero-order valence-corrected chi connectivity index (χ0v) is 17.7. The molecule has 0 radical (unpaired) electrons. The second-order valence-electron chi connectivity index (χ2n) is 7.02. The average Bonchev–Trinajstić information content (AvgIpc) is 2.96. The Bertz CT molecular complexity index is 1010. The van der Waals surface area contributed by atoms with Gasteiger partial charge in [-0.05, 0) is 59.1 Å². The van der Waals surface area contributed by atoms with Gasteiger partial charge in [0.15, 0.2) is 11.5 Å². The number of rotatable bonds is 6. The van der Waals surface area contributed by atoms with Gasteiger partial charge in [0.25, 0.3) is 11.1 Å². The van der Waals surface area contributed by atoms with E-state index in [1.165, 1.54) is 19.3 Å². The number of aromatic hydroxyl groups is 1. The third kappa shape index (κ3) is 4.83. The number of phenolic OH excluding ortho intramolecular Hbond substituents is 1. The first-order chi connectivity index (χ1) is 14.3. The second kappa shape index (κ2) is 9.04. The Morgan fingerprint density at radius 3 is 2.50 bits per heavy atom. The summed E-state index contributed by atoms with van der Waals surface area (Å²) in [4.78, 5) is 38.2. The molecule has 1 fully saturated rings. The molecular formula is C22H22N2O5S. The van der Waals surface area contributed by atoms with E-state index < -0.39 is 17.1 Å². The van der Waals surface area contributed by atoms with Crippen LogP contribution in [-0.4, -0.2) is 40.7 Å². The summed E-state index contributed by atoms with van der Waals surface area (Å²) < 4.78 is 4.99. The summed E-state index contributed by atoms with van der Waals surface area (Å²) in [5, 5.41) is 12.0. The highest BCUT2D eigenvalue weighted by Crippen LogP contribution is 2.34. The quantitative estimate of drug-likeness (QED) is 0.672. The van der Waals surface area contributed by atoms with Crippen LogP contribution in [-0.2, 0) is 9.59 Å². The number of carbonyl (C=O) groups is 3. The Kier molecular flexibility index (Phi) is 6.47. The minimum Gasteiger partial charge on any atom is -0.504 e. The highest BCUT2D eigenvalue weighted by molar-refractivity contribution is 8.18. The summed E-state index contributed by atoms with van der Waals surface area (Å²) in [7, 11) is 1.43. The lowest BCUT2D eigenvalue weighted by molar-refractivity contribution is -0.127. The number of phenols is 1. The SMILES string of the molecule is COc1ccc(/C=C2/SC(=O)N(CC(=O)Nc3ccc(C(C)C)cc3)C2=O)cc1O. The molecule has 3 rings (SSSR count). The Labute approximate surface area is 178 Å². The summed E-state index contributed by atoms with van der Waals surface area (Å²) in [6.45, 7) is 3.78. The van der Waals surface area contributed by atoms with Gasteiger partial charge < -0.3 is 15.2 Å². The van der Waals surface area contributed by atoms with E-state index in [9.17, 15) is 19.5 Å². The normalized spacial score (nSPS) is 15.2. The third-order valence-corrected chi connectivity index (χ3v) is 5.44. The van der Waals surface area contributed by atoms with Crippen LogP contribution < -0.4 is 10.1 Å². The van der Waals surface area contributed by atoms with Crippen LogP contribution in [0.5, 0.6) is 11.5 Å². The molecule has 0 atom stereocenters. The van der Waals surface area contributed by atoms with Crippen LogP contribution in [0.2, 0.25) is 0 Å². The smallest absolute Gasteiger partial charge is 0.294 e. The van der Waals surface area contributed by atoms with Crippen molar-refractivity contribution < 1.29 is 24.2 Å². The number of hydrogen-bond donors (Lipinski definition) is 2. The van der Waals surface area contributed by atoms with Gasteiger partial charge in [0.1, 0.15) is 6.54 Å². The fourth-order valence-corrected chi connectivity index (χ4v) is 3.72. The molecule has 2 aromatic rings. The van der Waals surface area contributed by atoms with E-state index in [4.69, 9.17) is 4.74 Å². The van der Waals surface area contributed by atoms with Crippen LogP contribution in [0.1, 0.15) is 30.9 Å². The first kappa shape index (κ1) is 21.4. The fourth-order valence-electron chi connectivity index (χ4n) is 2.88. The van der Waals surface area contributed by atoms with Gasteiger partial charge in [0, 0.05) is 5.69 Å². The molecular weight excluding hydrogens is 404 g/mol. The lowest BCUT2D eigenvalue weighted by Crippen LogP contribution is -2.36. The number of amides is 3. The van der Waals surface area contributed by atoms with Crippen molar-refractivity contribution in [2.75, 3.05) is 19.0 Å². The lowest BCUT2D eigenvalue weighted by Gasteiger charge is -2.13. The molecule has 1 aliphatic rings. The molecule has 0 spiro atoms. The molecule has 2 aromatic carbocycles. The first-order valence-electron chi connectivity index (χ1n) is 9.30. The molecule has 1 saturated heterocycles. The molecule has 7 nitrogen and oxygen atoms in total. The van der Waals surface area contributed by atoms with Crippen molar-refractivity contribution in [2.24, 2.45) is 0 Å². The zero-order chi connectivity index (χ0) is 21.8. The number of benzene rings is 2. The molecule has 2 N–H and O–H groups in total. The molecule has 30 heavy (non-hydrogen) atoms. The molecule has 0 saturated carbocycles. The number of hydrogen-bond acceptors (Lipinski definition) is 6. The highest BCUT2D eigenvalue weighted by atomic mass is 32.2. The van der Waals surface area contributed by atoms with Crippen molar-refractivity contribution in [3.63, 3.8) is 0 Å². The summed E-state index contributed by atoms with van der Waals surface area (Å²) in [6.07, 6.45) is 1.49. The van der Waals surface area contributed by atoms with E-state index in [0.29, 0.717) is 22.9 Å². The van der Waals surface area contributed by atoms with Crippen LogP contribution in [0.4, 0.5) is 10.5 Å². The van der Waals surface area contributed by atoms with Crippen LogP contribution in [0.25, 0.3) is 6.08 Å². The van der Waals surface area contributed by atoms with E-state index in [1.807, 2.05) is 12.1 Å². The maximum absolute atomic E-state index is 12.6. The summed E-state index contributed by atoms with van der Waals surface area (Å²) >= 11 is 0.752. The third-order valence-electron chi connectivity index (χ3n) is 4.54. The molecule has 1 aliphatic heterocycles. The van der Waals surface area contributed by atoms with Crippen LogP contribution in [0.15, 0.2) is 47.4 Å². The molecule has 1 heterocycles. The van der Waals surface area contributed by atoms with E-state index >= 15 is 0 Å². The molecule has 8 heteroatoms. The molecule has 156 valence electrons. The highest BCUT2D eigenvalue weighted by Gasteiger charge is 2.36. The zero-order valence-electron chi connectivity index (χ0n) is 16.8. The van der Waals surface area contributed by atoms with Crippen molar-refractivity contribution in [1.82, 2.24) is 4.90 Å². The molecule has 0 unspecified atom stereocenters. The molecule has 0 aliphatic carbocycles. The van der Waals surface area contributed by atoms with Gasteiger partial charge >= 0.3 is 0 Å². The van der Waals surface area contributed by atoms with Crippen LogP contribution in [0, 0.1) is 0 Å². The van der Waals surface area contributed by atoms with Gasteiger partial charge in [-0.25, -0.2) is 0 Å². The van der Waals surface area contributed by atoms with E-state index in [0.717, 1.165) is 22.2 Å². The van der Waals surface area contributed by atoms with Crippen LogP contribution >= 0.6 is 11.8 Å². The summed E-state index contributed by atoms with van der Waals surface area (Å²) in [5.74, 6) is -0.403. The number of carbonyl (C=O) groups excluding carboxylic acids is 3. The number of anilines is 1. The van der Waals surface area contributed by atoms with E-state index in [2.05, 4.69) is 19.2 Å². The van der Waals surface area contributed by atoms with Crippen molar-refractivity contribution in [3.8, 4) is 11.5 Å². The number of nitrogens with zero attached hydrogens (tertiary/aromatic N) is 1. The standard InChI is InChI=1S/C22H22N2O5S/c1-13(2)15-5-7-16(8-6-15)23-20(26)12-24-21(27)19(30-22(24)28)11-14-4-9-18(29-3)17(25)10-14/h4-11,13,25H,12H2,1-3H3,(H,23,26)/b19-11+. The Morgan fingerprint density at radius 1 is 1.20 bits per heavy atom. The summed E-state index contributed by atoms with van der Waals surface area (Å²) in [5.41, 5.74) is 2.28. The van der Waals surface area contributed by atoms with Gasteiger partial charge in [-0.15, -0.1) is 0 Å². The summed E-state index contributed by atoms with van der Waals surface area (Å²) in [6, 6.07) is 12.1. The Hall–Kier alpha value is -3.26. The van der Waals surface area contributed by atoms with Crippen molar-refractivity contribution in [1.29, 1.82) is 0 Å². The topological polar surface area (TPSA) is 95.9 Å². The molecule has 3 amide bonds. The Balaban J connectivity index is 1.67. The van der Waals surface area contributed by atoms with Gasteiger partial charge in [-0.3, -0.25) is 19.3 Å².